The van der Waals surface area contributed by atoms with Crippen molar-refractivity contribution in [3.05, 3.63) is 24.3 Å². The molecule has 0 aromatic rings. The van der Waals surface area contributed by atoms with Crippen molar-refractivity contribution in [2.24, 2.45) is 0 Å². The van der Waals surface area contributed by atoms with Crippen LogP contribution in [0.1, 0.15) is 13.8 Å². The van der Waals surface area contributed by atoms with Gasteiger partial charge in [-0.15, -0.1) is 0 Å². The van der Waals surface area contributed by atoms with Crippen molar-refractivity contribution < 1.29 is 23.9 Å². The zero-order valence-corrected chi connectivity index (χ0v) is 11.3. The first-order chi connectivity index (χ1) is 9.60. The van der Waals surface area contributed by atoms with Crippen LogP contribution in [-0.4, -0.2) is 53.3 Å². The number of carbonyl (C=O) groups is 3. The molecule has 0 aromatic carbocycles. The molecule has 7 heteroatoms. The number of amides is 2. The lowest BCUT2D eigenvalue weighted by molar-refractivity contribution is -0.123. The summed E-state index contributed by atoms with van der Waals surface area (Å²) >= 11 is 0. The first-order valence-electron chi connectivity index (χ1n) is 6.42. The lowest BCUT2D eigenvalue weighted by atomic mass is 10.1. The van der Waals surface area contributed by atoms with Crippen molar-refractivity contribution >= 4 is 18.0 Å². The largest absolute Gasteiger partial charge is 0.448 e. The van der Waals surface area contributed by atoms with Crippen LogP contribution in [-0.2, 0) is 14.3 Å². The number of rotatable bonds is 2. The average Bonchev–Trinajstić information content (AvgIpc) is 2.68. The van der Waals surface area contributed by atoms with Gasteiger partial charge < -0.3 is 9.47 Å². The molecule has 0 radical (unpaired) electrons. The number of hydrogen-bond acceptors (Lipinski definition) is 5. The van der Waals surface area contributed by atoms with E-state index in [1.165, 1.54) is 6.08 Å². The third-order valence-corrected chi connectivity index (χ3v) is 2.93. The fraction of sp³-hybridized carbons (Fsp3) is 0.462. The molecule has 2 bridgehead atoms. The molecule has 0 fully saturated rings. The van der Waals surface area contributed by atoms with Gasteiger partial charge in [0.25, 0.3) is 0 Å². The van der Waals surface area contributed by atoms with Crippen LogP contribution in [0.25, 0.3) is 0 Å². The van der Waals surface area contributed by atoms with Crippen LogP contribution < -0.4 is 0 Å². The molecule has 3 aliphatic rings. The third kappa shape index (κ3) is 2.38. The molecule has 2 heterocycles. The van der Waals surface area contributed by atoms with Crippen LogP contribution in [0.5, 0.6) is 0 Å². The summed E-state index contributed by atoms with van der Waals surface area (Å²) in [6.45, 7) is 3.64. The van der Waals surface area contributed by atoms with Crippen LogP contribution in [0, 0.1) is 0 Å². The number of hydrazine groups is 1. The Kier molecular flexibility index (Phi) is 4.07. The molecule has 0 aromatic heterocycles. The number of carbonyl (C=O) groups excluding carboxylic acids is 3. The minimum atomic E-state index is -0.881. The van der Waals surface area contributed by atoms with E-state index in [4.69, 9.17) is 9.47 Å². The molecule has 0 spiro atoms. The van der Waals surface area contributed by atoms with Gasteiger partial charge in [-0.2, -0.15) is 5.01 Å². The molecule has 7 nitrogen and oxygen atoms in total. The van der Waals surface area contributed by atoms with Crippen molar-refractivity contribution in [2.45, 2.75) is 25.9 Å². The summed E-state index contributed by atoms with van der Waals surface area (Å²) in [6.07, 6.45) is 4.73. The molecule has 2 atom stereocenters. The molecule has 2 aliphatic heterocycles. The monoisotopic (exact) mass is 280 g/mol. The van der Waals surface area contributed by atoms with E-state index in [9.17, 15) is 14.4 Å². The fourth-order valence-corrected chi connectivity index (χ4v) is 2.10. The Morgan fingerprint density at radius 3 is 2.25 bits per heavy atom. The van der Waals surface area contributed by atoms with E-state index in [-0.39, 0.29) is 19.0 Å². The van der Waals surface area contributed by atoms with Crippen LogP contribution in [0.2, 0.25) is 0 Å². The summed E-state index contributed by atoms with van der Waals surface area (Å²) < 4.78 is 9.86. The van der Waals surface area contributed by atoms with E-state index in [2.05, 4.69) is 0 Å². The summed E-state index contributed by atoms with van der Waals surface area (Å²) in [6, 6.07) is -1.42. The van der Waals surface area contributed by atoms with E-state index in [0.717, 1.165) is 10.0 Å². The molecule has 0 N–H and O–H groups in total. The van der Waals surface area contributed by atoms with E-state index in [1.54, 1.807) is 32.1 Å². The van der Waals surface area contributed by atoms with Gasteiger partial charge in [-0.25, -0.2) is 14.6 Å². The maximum atomic E-state index is 12.0. The molecular formula is C13H16N2O5. The molecule has 2 unspecified atom stereocenters. The van der Waals surface area contributed by atoms with Crippen molar-refractivity contribution in [1.82, 2.24) is 10.0 Å². The van der Waals surface area contributed by atoms with Crippen LogP contribution in [0.4, 0.5) is 9.59 Å². The minimum Gasteiger partial charge on any atom is -0.448 e. The standard InChI is InChI=1S/C13H16N2O5/c1-3-19-12(17)14-9-5-7-10(11(16)8-6-9)15(14)13(18)20-4-2/h5-10H,3-4H2,1-2H3. The Morgan fingerprint density at radius 1 is 1.05 bits per heavy atom. The highest BCUT2D eigenvalue weighted by molar-refractivity contribution is 5.99. The second kappa shape index (κ2) is 5.77. The minimum absolute atomic E-state index is 0.148. The highest BCUT2D eigenvalue weighted by Gasteiger charge is 2.43. The molecule has 108 valence electrons. The van der Waals surface area contributed by atoms with E-state index in [0.29, 0.717) is 0 Å². The average molecular weight is 280 g/mol. The Hall–Kier alpha value is -2.31. The van der Waals surface area contributed by atoms with Crippen molar-refractivity contribution in [3.8, 4) is 0 Å². The Labute approximate surface area is 116 Å². The molecule has 2 amide bonds. The topological polar surface area (TPSA) is 76.2 Å². The van der Waals surface area contributed by atoms with E-state index >= 15 is 0 Å². The quantitative estimate of drug-likeness (QED) is 0.712. The first-order valence-corrected chi connectivity index (χ1v) is 6.42. The van der Waals surface area contributed by atoms with Gasteiger partial charge in [0, 0.05) is 0 Å². The van der Waals surface area contributed by atoms with Gasteiger partial charge in [-0.1, -0.05) is 18.2 Å². The van der Waals surface area contributed by atoms with Gasteiger partial charge in [-0.3, -0.25) is 4.79 Å². The summed E-state index contributed by atoms with van der Waals surface area (Å²) in [5.74, 6) is -0.288. The normalized spacial score (nSPS) is 23.8. The number of ether oxygens (including phenoxy) is 2. The predicted molar refractivity (Wildman–Crippen MR) is 68.6 cm³/mol. The number of fused-ring (bicyclic) bond motifs is 2. The lowest BCUT2D eigenvalue weighted by Crippen LogP contribution is -2.60. The zero-order chi connectivity index (χ0) is 14.7. The van der Waals surface area contributed by atoms with Crippen LogP contribution in [0.3, 0.4) is 0 Å². The Bertz CT molecular complexity index is 485. The van der Waals surface area contributed by atoms with Gasteiger partial charge in [0.1, 0.15) is 6.04 Å². The fourth-order valence-electron chi connectivity index (χ4n) is 2.10. The van der Waals surface area contributed by atoms with Crippen molar-refractivity contribution in [2.75, 3.05) is 13.2 Å². The van der Waals surface area contributed by atoms with E-state index in [1.807, 2.05) is 0 Å². The van der Waals surface area contributed by atoms with Crippen molar-refractivity contribution in [1.29, 1.82) is 0 Å². The second-order valence-electron chi connectivity index (χ2n) is 4.17. The maximum Gasteiger partial charge on any atom is 0.429 e. The molecule has 3 rings (SSSR count). The van der Waals surface area contributed by atoms with E-state index < -0.39 is 24.3 Å². The van der Waals surface area contributed by atoms with Gasteiger partial charge in [0.2, 0.25) is 0 Å². The van der Waals surface area contributed by atoms with Crippen LogP contribution >= 0.6 is 0 Å². The molecular weight excluding hydrogens is 264 g/mol. The first kappa shape index (κ1) is 14.1. The van der Waals surface area contributed by atoms with Gasteiger partial charge in [-0.05, 0) is 19.9 Å². The zero-order valence-electron chi connectivity index (χ0n) is 11.3. The maximum absolute atomic E-state index is 12.0. The Morgan fingerprint density at radius 2 is 1.65 bits per heavy atom. The number of hydrogen-bond donors (Lipinski definition) is 0. The highest BCUT2D eigenvalue weighted by Crippen LogP contribution is 2.25. The molecule has 20 heavy (non-hydrogen) atoms. The predicted octanol–water partition coefficient (Wildman–Crippen LogP) is 1.26. The Balaban J connectivity index is 2.37. The molecule has 0 saturated heterocycles. The summed E-state index contributed by atoms with van der Waals surface area (Å²) in [7, 11) is 0. The SMILES string of the molecule is CCOC(=O)N1C2C=CC(=O)C(C=C2)N1C(=O)OCC. The summed E-state index contributed by atoms with van der Waals surface area (Å²) in [5.41, 5.74) is 0. The van der Waals surface area contributed by atoms with Crippen molar-refractivity contribution in [3.63, 3.8) is 0 Å². The summed E-state index contributed by atoms with van der Waals surface area (Å²) in [4.78, 5) is 36.0. The molecule has 0 saturated carbocycles. The number of nitrogens with zero attached hydrogens (tertiary/aromatic N) is 2. The second-order valence-corrected chi connectivity index (χ2v) is 4.17. The van der Waals surface area contributed by atoms with Crippen LogP contribution in [0.15, 0.2) is 24.3 Å². The lowest BCUT2D eigenvalue weighted by Gasteiger charge is -2.40. The number of ketones is 1. The van der Waals surface area contributed by atoms with Gasteiger partial charge >= 0.3 is 12.2 Å². The van der Waals surface area contributed by atoms with Gasteiger partial charge in [0.15, 0.2) is 5.78 Å². The smallest absolute Gasteiger partial charge is 0.429 e. The molecule has 1 aliphatic carbocycles. The van der Waals surface area contributed by atoms with Gasteiger partial charge in [0.05, 0.1) is 19.3 Å². The summed E-state index contributed by atoms with van der Waals surface area (Å²) in [5, 5.41) is 2.11. The third-order valence-electron chi connectivity index (χ3n) is 2.93. The highest BCUT2D eigenvalue weighted by atomic mass is 16.6.